The van der Waals surface area contributed by atoms with E-state index in [1.807, 2.05) is 0 Å². The first-order valence-electron chi connectivity index (χ1n) is 7.37. The SMILES string of the molecule is O=C(O)c1ccc(CSc2nnc(NCc3ccc(F)cc3)s2)cc1. The van der Waals surface area contributed by atoms with E-state index in [-0.39, 0.29) is 11.4 Å². The Bertz CT molecular complexity index is 851. The van der Waals surface area contributed by atoms with E-state index in [4.69, 9.17) is 5.11 Å². The third-order valence-corrected chi connectivity index (χ3v) is 5.41. The Morgan fingerprint density at radius 1 is 1.08 bits per heavy atom. The van der Waals surface area contributed by atoms with Crippen LogP contribution in [0.3, 0.4) is 0 Å². The summed E-state index contributed by atoms with van der Waals surface area (Å²) in [4.78, 5) is 10.8. The van der Waals surface area contributed by atoms with Gasteiger partial charge in [-0.3, -0.25) is 0 Å². The number of nitrogens with zero attached hydrogens (tertiary/aromatic N) is 2. The highest BCUT2D eigenvalue weighted by molar-refractivity contribution is 8.00. The van der Waals surface area contributed by atoms with Crippen molar-refractivity contribution in [2.45, 2.75) is 16.6 Å². The molecule has 0 amide bonds. The van der Waals surface area contributed by atoms with Crippen molar-refractivity contribution in [2.75, 3.05) is 5.32 Å². The number of hydrogen-bond acceptors (Lipinski definition) is 6. The summed E-state index contributed by atoms with van der Waals surface area (Å²) in [7, 11) is 0. The quantitative estimate of drug-likeness (QED) is 0.601. The van der Waals surface area contributed by atoms with E-state index in [1.165, 1.54) is 23.5 Å². The number of carboxylic acids is 1. The molecule has 0 bridgehead atoms. The molecule has 8 heteroatoms. The maximum absolute atomic E-state index is 12.9. The number of carboxylic acid groups (broad SMARTS) is 1. The van der Waals surface area contributed by atoms with Crippen LogP contribution in [-0.2, 0) is 12.3 Å². The Morgan fingerprint density at radius 3 is 2.44 bits per heavy atom. The summed E-state index contributed by atoms with van der Waals surface area (Å²) in [5.41, 5.74) is 2.26. The highest BCUT2D eigenvalue weighted by Gasteiger charge is 2.06. The molecular formula is C17H14FN3O2S2. The average Bonchev–Trinajstić information content (AvgIpc) is 3.08. The van der Waals surface area contributed by atoms with Gasteiger partial charge < -0.3 is 10.4 Å². The van der Waals surface area contributed by atoms with Crippen LogP contribution < -0.4 is 5.32 Å². The van der Waals surface area contributed by atoms with E-state index >= 15 is 0 Å². The Kier molecular flexibility index (Phi) is 5.62. The predicted molar refractivity (Wildman–Crippen MR) is 96.6 cm³/mol. The van der Waals surface area contributed by atoms with Crippen LogP contribution in [0.5, 0.6) is 0 Å². The molecule has 128 valence electrons. The number of halogens is 1. The number of carbonyl (C=O) groups is 1. The predicted octanol–water partition coefficient (Wildman–Crippen LogP) is 4.28. The largest absolute Gasteiger partial charge is 0.478 e. The van der Waals surface area contributed by atoms with E-state index in [1.54, 1.807) is 48.2 Å². The first-order valence-corrected chi connectivity index (χ1v) is 9.17. The minimum atomic E-state index is -0.930. The first-order chi connectivity index (χ1) is 12.1. The van der Waals surface area contributed by atoms with E-state index in [9.17, 15) is 9.18 Å². The second-order valence-electron chi connectivity index (χ2n) is 5.14. The van der Waals surface area contributed by atoms with Gasteiger partial charge in [0.2, 0.25) is 5.13 Å². The number of aromatic carboxylic acids is 1. The Labute approximate surface area is 151 Å². The van der Waals surface area contributed by atoms with Crippen molar-refractivity contribution in [1.82, 2.24) is 10.2 Å². The summed E-state index contributed by atoms with van der Waals surface area (Å²) in [6.45, 7) is 0.552. The fraction of sp³-hybridized carbons (Fsp3) is 0.118. The van der Waals surface area contributed by atoms with E-state index < -0.39 is 5.97 Å². The van der Waals surface area contributed by atoms with Crippen molar-refractivity contribution in [3.63, 3.8) is 0 Å². The van der Waals surface area contributed by atoms with Gasteiger partial charge in [0.05, 0.1) is 5.56 Å². The first kappa shape index (κ1) is 17.4. The lowest BCUT2D eigenvalue weighted by molar-refractivity contribution is 0.0697. The fourth-order valence-electron chi connectivity index (χ4n) is 2.01. The zero-order chi connectivity index (χ0) is 17.6. The van der Waals surface area contributed by atoms with Gasteiger partial charge >= 0.3 is 5.97 Å². The third kappa shape index (κ3) is 5.01. The number of thioether (sulfide) groups is 1. The fourth-order valence-corrected chi connectivity index (χ4v) is 3.71. The molecule has 2 N–H and O–H groups in total. The topological polar surface area (TPSA) is 75.1 Å². The van der Waals surface area contributed by atoms with Gasteiger partial charge in [0.25, 0.3) is 0 Å². The van der Waals surface area contributed by atoms with Crippen LogP contribution in [0.2, 0.25) is 0 Å². The van der Waals surface area contributed by atoms with Gasteiger partial charge in [-0.2, -0.15) is 0 Å². The second-order valence-corrected chi connectivity index (χ2v) is 7.34. The lowest BCUT2D eigenvalue weighted by Crippen LogP contribution is -1.98. The van der Waals surface area contributed by atoms with Gasteiger partial charge in [-0.1, -0.05) is 47.4 Å². The van der Waals surface area contributed by atoms with Crippen molar-refractivity contribution in [3.05, 3.63) is 71.0 Å². The van der Waals surface area contributed by atoms with E-state index in [0.717, 1.165) is 15.5 Å². The van der Waals surface area contributed by atoms with E-state index in [0.29, 0.717) is 17.4 Å². The summed E-state index contributed by atoms with van der Waals surface area (Å²) in [6.07, 6.45) is 0. The van der Waals surface area contributed by atoms with Crippen LogP contribution in [-0.4, -0.2) is 21.3 Å². The maximum Gasteiger partial charge on any atom is 0.335 e. The van der Waals surface area contributed by atoms with Crippen molar-refractivity contribution < 1.29 is 14.3 Å². The molecule has 0 saturated heterocycles. The monoisotopic (exact) mass is 375 g/mol. The molecule has 0 aliphatic heterocycles. The molecule has 0 aliphatic carbocycles. The van der Waals surface area contributed by atoms with Gasteiger partial charge in [-0.15, -0.1) is 10.2 Å². The van der Waals surface area contributed by atoms with Crippen molar-refractivity contribution in [3.8, 4) is 0 Å². The molecule has 5 nitrogen and oxygen atoms in total. The molecule has 0 unspecified atom stereocenters. The van der Waals surface area contributed by atoms with Crippen LogP contribution in [0.25, 0.3) is 0 Å². The van der Waals surface area contributed by atoms with Gasteiger partial charge in [0.15, 0.2) is 4.34 Å². The van der Waals surface area contributed by atoms with Crippen LogP contribution in [0, 0.1) is 5.82 Å². The number of aromatic nitrogens is 2. The summed E-state index contributed by atoms with van der Waals surface area (Å²) in [5, 5.41) is 21.0. The number of rotatable bonds is 7. The van der Waals surface area contributed by atoms with Gasteiger partial charge in [-0.25, -0.2) is 9.18 Å². The molecule has 1 aromatic heterocycles. The minimum absolute atomic E-state index is 0.255. The molecule has 25 heavy (non-hydrogen) atoms. The zero-order valence-corrected chi connectivity index (χ0v) is 14.6. The van der Waals surface area contributed by atoms with Crippen molar-refractivity contribution in [2.24, 2.45) is 0 Å². The average molecular weight is 375 g/mol. The molecule has 1 heterocycles. The number of anilines is 1. The molecule has 0 atom stereocenters. The summed E-state index contributed by atoms with van der Waals surface area (Å²) in [6, 6.07) is 13.1. The van der Waals surface area contributed by atoms with Gasteiger partial charge in [-0.05, 0) is 35.4 Å². The number of benzene rings is 2. The van der Waals surface area contributed by atoms with Gasteiger partial charge in [0.1, 0.15) is 5.82 Å². The maximum atomic E-state index is 12.9. The van der Waals surface area contributed by atoms with Crippen LogP contribution >= 0.6 is 23.1 Å². The lowest BCUT2D eigenvalue weighted by Gasteiger charge is -2.01. The van der Waals surface area contributed by atoms with Crippen molar-refractivity contribution >= 4 is 34.2 Å². The number of hydrogen-bond donors (Lipinski definition) is 2. The van der Waals surface area contributed by atoms with Gasteiger partial charge in [0, 0.05) is 12.3 Å². The molecule has 0 radical (unpaired) electrons. The number of nitrogens with one attached hydrogen (secondary N) is 1. The molecule has 2 aromatic carbocycles. The summed E-state index contributed by atoms with van der Waals surface area (Å²) < 4.78 is 13.7. The zero-order valence-electron chi connectivity index (χ0n) is 13.0. The highest BCUT2D eigenvalue weighted by atomic mass is 32.2. The highest BCUT2D eigenvalue weighted by Crippen LogP contribution is 2.28. The molecular weight excluding hydrogens is 361 g/mol. The van der Waals surface area contributed by atoms with Crippen LogP contribution in [0.1, 0.15) is 21.5 Å². The molecule has 3 aromatic rings. The Morgan fingerprint density at radius 2 is 1.76 bits per heavy atom. The van der Waals surface area contributed by atoms with Crippen molar-refractivity contribution in [1.29, 1.82) is 0 Å². The van der Waals surface area contributed by atoms with Crippen LogP contribution in [0.4, 0.5) is 9.52 Å². The second kappa shape index (κ2) is 8.09. The Hall–Kier alpha value is -2.45. The summed E-state index contributed by atoms with van der Waals surface area (Å²) in [5.74, 6) is -0.498. The summed E-state index contributed by atoms with van der Waals surface area (Å²) >= 11 is 2.98. The Balaban J connectivity index is 1.51. The molecule has 3 rings (SSSR count). The molecule has 0 saturated carbocycles. The third-order valence-electron chi connectivity index (χ3n) is 3.33. The lowest BCUT2D eigenvalue weighted by atomic mass is 10.1. The molecule has 0 spiro atoms. The minimum Gasteiger partial charge on any atom is -0.478 e. The smallest absolute Gasteiger partial charge is 0.335 e. The molecule has 0 fully saturated rings. The van der Waals surface area contributed by atoms with Crippen LogP contribution in [0.15, 0.2) is 52.9 Å². The standard InChI is InChI=1S/C17H14FN3O2S2/c18-14-7-3-11(4-8-14)9-19-16-20-21-17(25-16)24-10-12-1-5-13(6-2-12)15(22)23/h1-8H,9-10H2,(H,19,20)(H,22,23). The van der Waals surface area contributed by atoms with E-state index in [2.05, 4.69) is 15.5 Å². The normalized spacial score (nSPS) is 10.6. The molecule has 0 aliphatic rings.